The fraction of sp³-hybridized carbons (Fsp3) is 0.222. The fourth-order valence-electron chi connectivity index (χ4n) is 2.79. The lowest BCUT2D eigenvalue weighted by molar-refractivity contribution is -0.384. The first-order valence-electron chi connectivity index (χ1n) is 8.30. The van der Waals surface area contributed by atoms with Gasteiger partial charge in [-0.25, -0.2) is 0 Å². The molecule has 140 valence electrons. The number of hydrogen-bond donors (Lipinski definition) is 1. The minimum absolute atomic E-state index is 0.0261. The summed E-state index contributed by atoms with van der Waals surface area (Å²) in [7, 11) is 0. The molecule has 1 fully saturated rings. The summed E-state index contributed by atoms with van der Waals surface area (Å²) < 4.78 is 0. The van der Waals surface area contributed by atoms with Gasteiger partial charge in [-0.2, -0.15) is 0 Å². The molecule has 3 rings (SSSR count). The minimum Gasteiger partial charge on any atom is -0.345 e. The van der Waals surface area contributed by atoms with Gasteiger partial charge >= 0.3 is 0 Å². The lowest BCUT2D eigenvalue weighted by Crippen LogP contribution is -2.51. The number of halogens is 1. The van der Waals surface area contributed by atoms with Gasteiger partial charge in [-0.3, -0.25) is 14.9 Å². The number of thiocarbonyl (C=S) groups is 1. The average molecular weight is 405 g/mol. The maximum Gasteiger partial charge on any atom is 0.269 e. The first kappa shape index (κ1) is 19.1. The number of nitro benzene ring substituents is 1. The number of benzene rings is 2. The summed E-state index contributed by atoms with van der Waals surface area (Å²) in [6.07, 6.45) is 0. The van der Waals surface area contributed by atoms with Crippen LogP contribution in [0, 0.1) is 10.1 Å². The third kappa shape index (κ3) is 4.53. The Labute approximate surface area is 166 Å². The molecule has 1 aliphatic rings. The van der Waals surface area contributed by atoms with E-state index < -0.39 is 4.92 Å². The molecule has 0 aromatic heterocycles. The normalized spacial score (nSPS) is 14.0. The number of nitrogens with one attached hydrogen (secondary N) is 1. The number of carbonyl (C=O) groups excluding carboxylic acids is 1. The van der Waals surface area contributed by atoms with E-state index in [1.165, 1.54) is 12.1 Å². The molecule has 9 heteroatoms. The Bertz CT molecular complexity index is 867. The van der Waals surface area contributed by atoms with Crippen molar-refractivity contribution < 1.29 is 9.72 Å². The number of amides is 1. The van der Waals surface area contributed by atoms with Gasteiger partial charge in [0.1, 0.15) is 0 Å². The van der Waals surface area contributed by atoms with Crippen LogP contribution in [0.5, 0.6) is 0 Å². The summed E-state index contributed by atoms with van der Waals surface area (Å²) in [5.74, 6) is -0.0884. The number of anilines is 1. The van der Waals surface area contributed by atoms with E-state index in [1.54, 1.807) is 41.3 Å². The molecule has 27 heavy (non-hydrogen) atoms. The smallest absolute Gasteiger partial charge is 0.269 e. The molecular weight excluding hydrogens is 388 g/mol. The predicted molar refractivity (Wildman–Crippen MR) is 108 cm³/mol. The molecule has 1 heterocycles. The van der Waals surface area contributed by atoms with E-state index in [0.717, 1.165) is 0 Å². The highest BCUT2D eigenvalue weighted by molar-refractivity contribution is 7.80. The summed E-state index contributed by atoms with van der Waals surface area (Å²) in [4.78, 5) is 26.6. The zero-order chi connectivity index (χ0) is 19.4. The maximum atomic E-state index is 12.6. The van der Waals surface area contributed by atoms with Crippen LogP contribution in [0.1, 0.15) is 10.4 Å². The zero-order valence-electron chi connectivity index (χ0n) is 14.3. The average Bonchev–Trinajstić information content (AvgIpc) is 2.68. The largest absolute Gasteiger partial charge is 0.345 e. The standard InChI is InChI=1S/C18H17ClN4O3S/c19-16-4-2-1-3-15(16)17(24)21-9-11-22(12-10-21)18(27)20-13-5-7-14(8-6-13)23(25)26/h1-8H,9-12H2,(H,20,27). The predicted octanol–water partition coefficient (Wildman–Crippen LogP) is 3.40. The van der Waals surface area contributed by atoms with Gasteiger partial charge in [-0.15, -0.1) is 0 Å². The molecule has 1 saturated heterocycles. The van der Waals surface area contributed by atoms with Crippen LogP contribution in [-0.2, 0) is 0 Å². The van der Waals surface area contributed by atoms with Gasteiger partial charge in [0.15, 0.2) is 5.11 Å². The van der Waals surface area contributed by atoms with Crippen molar-refractivity contribution in [2.75, 3.05) is 31.5 Å². The van der Waals surface area contributed by atoms with Crippen molar-refractivity contribution in [2.45, 2.75) is 0 Å². The summed E-state index contributed by atoms with van der Waals surface area (Å²) in [6, 6.07) is 13.1. The number of non-ortho nitro benzene ring substituents is 1. The number of piperazine rings is 1. The second-order valence-electron chi connectivity index (χ2n) is 5.99. The quantitative estimate of drug-likeness (QED) is 0.480. The molecule has 0 atom stereocenters. The first-order chi connectivity index (χ1) is 13.0. The van der Waals surface area contributed by atoms with Gasteiger partial charge in [0.25, 0.3) is 11.6 Å². The van der Waals surface area contributed by atoms with E-state index in [2.05, 4.69) is 5.32 Å². The molecule has 1 amide bonds. The Morgan fingerprint density at radius 3 is 2.22 bits per heavy atom. The summed E-state index contributed by atoms with van der Waals surface area (Å²) in [5, 5.41) is 14.7. The molecule has 2 aromatic rings. The van der Waals surface area contributed by atoms with Crippen LogP contribution in [0.2, 0.25) is 5.02 Å². The Balaban J connectivity index is 1.55. The van der Waals surface area contributed by atoms with Crippen LogP contribution < -0.4 is 5.32 Å². The van der Waals surface area contributed by atoms with Gasteiger partial charge in [0.2, 0.25) is 0 Å². The van der Waals surface area contributed by atoms with Crippen molar-refractivity contribution in [1.29, 1.82) is 0 Å². The van der Waals surface area contributed by atoms with Crippen molar-refractivity contribution in [3.8, 4) is 0 Å². The molecule has 0 saturated carbocycles. The SMILES string of the molecule is O=C(c1ccccc1Cl)N1CCN(C(=S)Nc2ccc([N+](=O)[O-])cc2)CC1. The van der Waals surface area contributed by atoms with Crippen molar-refractivity contribution in [3.05, 3.63) is 69.2 Å². The fourth-order valence-corrected chi connectivity index (χ4v) is 3.30. The van der Waals surface area contributed by atoms with E-state index in [4.69, 9.17) is 23.8 Å². The molecule has 0 aliphatic carbocycles. The molecule has 1 aliphatic heterocycles. The molecule has 0 spiro atoms. The van der Waals surface area contributed by atoms with Crippen LogP contribution in [0.3, 0.4) is 0 Å². The van der Waals surface area contributed by atoms with Crippen LogP contribution >= 0.6 is 23.8 Å². The third-order valence-electron chi connectivity index (χ3n) is 4.29. The van der Waals surface area contributed by atoms with Crippen molar-refractivity contribution >= 4 is 46.2 Å². The van der Waals surface area contributed by atoms with Crippen LogP contribution in [0.25, 0.3) is 0 Å². The Hall–Kier alpha value is -2.71. The number of rotatable bonds is 3. The molecule has 0 radical (unpaired) electrons. The van der Waals surface area contributed by atoms with E-state index in [1.807, 2.05) is 4.90 Å². The van der Waals surface area contributed by atoms with E-state index in [0.29, 0.717) is 47.6 Å². The zero-order valence-corrected chi connectivity index (χ0v) is 15.9. The van der Waals surface area contributed by atoms with Crippen LogP contribution in [-0.4, -0.2) is 51.9 Å². The van der Waals surface area contributed by atoms with E-state index in [-0.39, 0.29) is 11.6 Å². The van der Waals surface area contributed by atoms with Gasteiger partial charge in [-0.1, -0.05) is 23.7 Å². The molecule has 1 N–H and O–H groups in total. The second kappa shape index (κ2) is 8.32. The first-order valence-corrected chi connectivity index (χ1v) is 9.08. The second-order valence-corrected chi connectivity index (χ2v) is 6.79. The molecule has 0 bridgehead atoms. The molecule has 0 unspecified atom stereocenters. The Kier molecular flexibility index (Phi) is 5.88. The highest BCUT2D eigenvalue weighted by Crippen LogP contribution is 2.19. The van der Waals surface area contributed by atoms with Gasteiger partial charge in [0.05, 0.1) is 15.5 Å². The number of carbonyl (C=O) groups is 1. The number of nitro groups is 1. The number of hydrogen-bond acceptors (Lipinski definition) is 4. The van der Waals surface area contributed by atoms with Gasteiger partial charge in [-0.05, 0) is 36.5 Å². The topological polar surface area (TPSA) is 78.7 Å². The van der Waals surface area contributed by atoms with Crippen molar-refractivity contribution in [3.63, 3.8) is 0 Å². The molecule has 2 aromatic carbocycles. The summed E-state index contributed by atoms with van der Waals surface area (Å²) in [6.45, 7) is 2.25. The summed E-state index contributed by atoms with van der Waals surface area (Å²) in [5.41, 5.74) is 1.21. The minimum atomic E-state index is -0.447. The van der Waals surface area contributed by atoms with Crippen molar-refractivity contribution in [1.82, 2.24) is 9.80 Å². The monoisotopic (exact) mass is 404 g/mol. The Morgan fingerprint density at radius 1 is 1.04 bits per heavy atom. The molecular formula is C18H17ClN4O3S. The highest BCUT2D eigenvalue weighted by Gasteiger charge is 2.24. The van der Waals surface area contributed by atoms with Gasteiger partial charge < -0.3 is 15.1 Å². The third-order valence-corrected chi connectivity index (χ3v) is 4.98. The highest BCUT2D eigenvalue weighted by atomic mass is 35.5. The lowest BCUT2D eigenvalue weighted by atomic mass is 10.2. The van der Waals surface area contributed by atoms with E-state index >= 15 is 0 Å². The lowest BCUT2D eigenvalue weighted by Gasteiger charge is -2.36. The molecule has 7 nitrogen and oxygen atoms in total. The number of nitrogens with zero attached hydrogens (tertiary/aromatic N) is 3. The maximum absolute atomic E-state index is 12.6. The Morgan fingerprint density at radius 2 is 1.63 bits per heavy atom. The van der Waals surface area contributed by atoms with Crippen molar-refractivity contribution in [2.24, 2.45) is 0 Å². The summed E-state index contributed by atoms with van der Waals surface area (Å²) >= 11 is 11.5. The van der Waals surface area contributed by atoms with Crippen LogP contribution in [0.15, 0.2) is 48.5 Å². The van der Waals surface area contributed by atoms with Gasteiger partial charge in [0, 0.05) is 44.0 Å². The van der Waals surface area contributed by atoms with Crippen LogP contribution in [0.4, 0.5) is 11.4 Å². The van der Waals surface area contributed by atoms with E-state index in [9.17, 15) is 14.9 Å².